The van der Waals surface area contributed by atoms with Crippen molar-refractivity contribution in [1.82, 2.24) is 5.32 Å². The van der Waals surface area contributed by atoms with Crippen molar-refractivity contribution in [3.05, 3.63) is 59.7 Å². The molecular weight excluding hydrogens is 376 g/mol. The summed E-state index contributed by atoms with van der Waals surface area (Å²) in [7, 11) is -3.58. The van der Waals surface area contributed by atoms with Crippen LogP contribution in [0.2, 0.25) is 0 Å². The monoisotopic (exact) mass is 404 g/mol. The van der Waals surface area contributed by atoms with Gasteiger partial charge in [-0.25, -0.2) is 8.42 Å². The molecule has 2 aromatic carbocycles. The Morgan fingerprint density at radius 1 is 1.04 bits per heavy atom. The molecule has 0 saturated heterocycles. The number of ether oxygens (including phenoxy) is 1. The van der Waals surface area contributed by atoms with Crippen molar-refractivity contribution in [2.45, 2.75) is 26.7 Å². The summed E-state index contributed by atoms with van der Waals surface area (Å²) in [6.45, 7) is 4.37. The topological polar surface area (TPSA) is 75.7 Å². The molecule has 1 N–H and O–H groups in total. The predicted molar refractivity (Wildman–Crippen MR) is 112 cm³/mol. The number of nitrogens with zero attached hydrogens (tertiary/aromatic N) is 1. The minimum absolute atomic E-state index is 0.263. The predicted octanol–water partition coefficient (Wildman–Crippen LogP) is 2.77. The molecule has 0 unspecified atom stereocenters. The molecular formula is C21H28N2O4S. The highest BCUT2D eigenvalue weighted by molar-refractivity contribution is 7.92. The van der Waals surface area contributed by atoms with E-state index in [-0.39, 0.29) is 12.5 Å². The van der Waals surface area contributed by atoms with E-state index in [0.29, 0.717) is 25.3 Å². The van der Waals surface area contributed by atoms with Crippen LogP contribution in [-0.2, 0) is 27.7 Å². The number of rotatable bonds is 10. The van der Waals surface area contributed by atoms with Gasteiger partial charge in [0.1, 0.15) is 18.9 Å². The van der Waals surface area contributed by atoms with E-state index in [1.165, 1.54) is 5.56 Å². The molecule has 0 aromatic heterocycles. The highest BCUT2D eigenvalue weighted by Gasteiger charge is 2.22. The lowest BCUT2D eigenvalue weighted by molar-refractivity contribution is -0.119. The van der Waals surface area contributed by atoms with Gasteiger partial charge < -0.3 is 10.1 Å². The van der Waals surface area contributed by atoms with Crippen molar-refractivity contribution >= 4 is 21.6 Å². The summed E-state index contributed by atoms with van der Waals surface area (Å²) in [5.41, 5.74) is 2.64. The lowest BCUT2D eigenvalue weighted by Crippen LogP contribution is -2.41. The van der Waals surface area contributed by atoms with E-state index in [1.54, 1.807) is 12.1 Å². The molecule has 7 heteroatoms. The number of hydrogen-bond acceptors (Lipinski definition) is 4. The van der Waals surface area contributed by atoms with Crippen LogP contribution in [0.1, 0.15) is 25.0 Å². The summed E-state index contributed by atoms with van der Waals surface area (Å²) in [4.78, 5) is 12.3. The largest absolute Gasteiger partial charge is 0.492 e. The van der Waals surface area contributed by atoms with Crippen LogP contribution < -0.4 is 14.4 Å². The van der Waals surface area contributed by atoms with Gasteiger partial charge in [-0.05, 0) is 42.2 Å². The first-order valence-electron chi connectivity index (χ1n) is 9.39. The van der Waals surface area contributed by atoms with Crippen molar-refractivity contribution in [2.75, 3.05) is 30.3 Å². The number of para-hydroxylation sites is 1. The molecule has 0 radical (unpaired) electrons. The normalized spacial score (nSPS) is 11.1. The molecule has 0 atom stereocenters. The summed E-state index contributed by atoms with van der Waals surface area (Å²) < 4.78 is 31.2. The van der Waals surface area contributed by atoms with Crippen molar-refractivity contribution < 1.29 is 17.9 Å². The number of carbonyl (C=O) groups is 1. The van der Waals surface area contributed by atoms with Crippen LogP contribution in [0.3, 0.4) is 0 Å². The van der Waals surface area contributed by atoms with Crippen LogP contribution in [0.25, 0.3) is 0 Å². The minimum atomic E-state index is -3.58. The molecule has 152 valence electrons. The molecule has 0 heterocycles. The lowest BCUT2D eigenvalue weighted by Gasteiger charge is -2.24. The average Bonchev–Trinajstić information content (AvgIpc) is 2.69. The number of carbonyl (C=O) groups excluding carboxylic acids is 1. The molecule has 0 aliphatic rings. The fraction of sp³-hybridized carbons (Fsp3) is 0.381. The van der Waals surface area contributed by atoms with Crippen LogP contribution >= 0.6 is 0 Å². The van der Waals surface area contributed by atoms with E-state index in [0.717, 1.165) is 28.3 Å². The first-order chi connectivity index (χ1) is 13.3. The van der Waals surface area contributed by atoms with Gasteiger partial charge in [0.05, 0.1) is 18.5 Å². The van der Waals surface area contributed by atoms with Crippen molar-refractivity contribution in [3.63, 3.8) is 0 Å². The van der Waals surface area contributed by atoms with Gasteiger partial charge >= 0.3 is 0 Å². The quantitative estimate of drug-likeness (QED) is 0.618. The standard InChI is InChI=1S/C21H28N2O4S/c1-4-17-10-12-19(13-11-17)27-15-14-22-21(24)16-23(28(3,25)26)20-9-7-6-8-18(20)5-2/h6-13H,4-5,14-16H2,1-3H3,(H,22,24). The summed E-state index contributed by atoms with van der Waals surface area (Å²) in [5, 5.41) is 2.72. The third-order valence-electron chi connectivity index (χ3n) is 4.35. The van der Waals surface area contributed by atoms with Crippen LogP contribution in [0.5, 0.6) is 5.75 Å². The van der Waals surface area contributed by atoms with Gasteiger partial charge in [0.2, 0.25) is 15.9 Å². The minimum Gasteiger partial charge on any atom is -0.492 e. The van der Waals surface area contributed by atoms with Gasteiger partial charge in [0.15, 0.2) is 0 Å². The fourth-order valence-corrected chi connectivity index (χ4v) is 3.69. The molecule has 0 fully saturated rings. The summed E-state index contributed by atoms with van der Waals surface area (Å²) in [6, 6.07) is 15.0. The highest BCUT2D eigenvalue weighted by atomic mass is 32.2. The van der Waals surface area contributed by atoms with E-state index in [2.05, 4.69) is 12.2 Å². The number of anilines is 1. The van der Waals surface area contributed by atoms with E-state index in [9.17, 15) is 13.2 Å². The number of benzene rings is 2. The maximum atomic E-state index is 12.3. The van der Waals surface area contributed by atoms with E-state index < -0.39 is 10.0 Å². The SMILES string of the molecule is CCc1ccc(OCCNC(=O)CN(c2ccccc2CC)S(C)(=O)=O)cc1. The summed E-state index contributed by atoms with van der Waals surface area (Å²) in [6.07, 6.45) is 2.75. The van der Waals surface area contributed by atoms with Gasteiger partial charge in [-0.15, -0.1) is 0 Å². The van der Waals surface area contributed by atoms with Crippen LogP contribution in [0, 0.1) is 0 Å². The number of aryl methyl sites for hydroxylation is 2. The maximum Gasteiger partial charge on any atom is 0.240 e. The Kier molecular flexibility index (Phi) is 7.87. The molecule has 0 aliphatic carbocycles. The number of sulfonamides is 1. The third-order valence-corrected chi connectivity index (χ3v) is 5.48. The second kappa shape index (κ2) is 10.1. The molecule has 1 amide bonds. The zero-order valence-electron chi connectivity index (χ0n) is 16.6. The van der Waals surface area contributed by atoms with Crippen LogP contribution in [-0.4, -0.2) is 40.3 Å². The second-order valence-electron chi connectivity index (χ2n) is 6.45. The second-order valence-corrected chi connectivity index (χ2v) is 8.35. The fourth-order valence-electron chi connectivity index (χ4n) is 2.80. The Labute approximate surface area is 167 Å². The number of nitrogens with one attached hydrogen (secondary N) is 1. The molecule has 0 saturated carbocycles. The lowest BCUT2D eigenvalue weighted by atomic mass is 10.1. The van der Waals surface area contributed by atoms with Gasteiger partial charge in [0.25, 0.3) is 0 Å². The van der Waals surface area contributed by atoms with Crippen molar-refractivity contribution in [2.24, 2.45) is 0 Å². The van der Waals surface area contributed by atoms with E-state index >= 15 is 0 Å². The maximum absolute atomic E-state index is 12.3. The Morgan fingerprint density at radius 2 is 1.71 bits per heavy atom. The Morgan fingerprint density at radius 3 is 2.32 bits per heavy atom. The van der Waals surface area contributed by atoms with Gasteiger partial charge in [-0.2, -0.15) is 0 Å². The zero-order valence-corrected chi connectivity index (χ0v) is 17.5. The first kappa shape index (κ1) is 21.8. The van der Waals surface area contributed by atoms with Crippen molar-refractivity contribution in [1.29, 1.82) is 0 Å². The van der Waals surface area contributed by atoms with E-state index in [4.69, 9.17) is 4.74 Å². The molecule has 0 aliphatic heterocycles. The Bertz CT molecular complexity index is 880. The Hall–Kier alpha value is -2.54. The summed E-state index contributed by atoms with van der Waals surface area (Å²) in [5.74, 6) is 0.363. The van der Waals surface area contributed by atoms with Crippen LogP contribution in [0.15, 0.2) is 48.5 Å². The molecule has 6 nitrogen and oxygen atoms in total. The zero-order chi connectivity index (χ0) is 20.6. The molecule has 2 aromatic rings. The molecule has 0 spiro atoms. The molecule has 0 bridgehead atoms. The average molecular weight is 405 g/mol. The molecule has 28 heavy (non-hydrogen) atoms. The van der Waals surface area contributed by atoms with Gasteiger partial charge in [-0.3, -0.25) is 9.10 Å². The van der Waals surface area contributed by atoms with Crippen molar-refractivity contribution in [3.8, 4) is 5.75 Å². The number of hydrogen-bond donors (Lipinski definition) is 1. The first-order valence-corrected chi connectivity index (χ1v) is 11.2. The van der Waals surface area contributed by atoms with Crippen LogP contribution in [0.4, 0.5) is 5.69 Å². The van der Waals surface area contributed by atoms with Gasteiger partial charge in [-0.1, -0.05) is 44.2 Å². The van der Waals surface area contributed by atoms with E-state index in [1.807, 2.05) is 43.3 Å². The van der Waals surface area contributed by atoms with Gasteiger partial charge in [0, 0.05) is 0 Å². The molecule has 2 rings (SSSR count). The summed E-state index contributed by atoms with van der Waals surface area (Å²) >= 11 is 0. The Balaban J connectivity index is 1.91. The smallest absolute Gasteiger partial charge is 0.240 e. The highest BCUT2D eigenvalue weighted by Crippen LogP contribution is 2.23. The third kappa shape index (κ3) is 6.27. The number of amides is 1.